The van der Waals surface area contributed by atoms with Crippen LogP contribution < -0.4 is 10.2 Å². The Morgan fingerprint density at radius 2 is 1.92 bits per heavy atom. The highest BCUT2D eigenvalue weighted by Crippen LogP contribution is 2.17. The third-order valence-corrected chi connectivity index (χ3v) is 3.93. The Labute approximate surface area is 154 Å². The van der Waals surface area contributed by atoms with Crippen molar-refractivity contribution in [2.75, 3.05) is 37.7 Å². The molecule has 0 unspecified atom stereocenters. The van der Waals surface area contributed by atoms with Crippen LogP contribution >= 0.6 is 0 Å². The fourth-order valence-electron chi connectivity index (χ4n) is 2.52. The lowest BCUT2D eigenvalue weighted by Crippen LogP contribution is -2.50. The van der Waals surface area contributed by atoms with E-state index in [0.29, 0.717) is 31.9 Å². The summed E-state index contributed by atoms with van der Waals surface area (Å²) in [6.45, 7) is 9.66. The molecule has 1 saturated heterocycles. The summed E-state index contributed by atoms with van der Waals surface area (Å²) >= 11 is 0. The van der Waals surface area contributed by atoms with E-state index in [1.165, 1.54) is 0 Å². The number of pyridine rings is 1. The number of aromatic nitrogens is 1. The van der Waals surface area contributed by atoms with Crippen LogP contribution in [0, 0.1) is 0 Å². The Morgan fingerprint density at radius 1 is 1.27 bits per heavy atom. The van der Waals surface area contributed by atoms with Crippen LogP contribution in [-0.2, 0) is 4.74 Å². The number of aliphatic hydroxyl groups excluding tert-OH is 1. The molecule has 2 rings (SSSR count). The van der Waals surface area contributed by atoms with Crippen molar-refractivity contribution < 1.29 is 19.4 Å². The number of anilines is 1. The van der Waals surface area contributed by atoms with Gasteiger partial charge in [-0.2, -0.15) is 0 Å². The second kappa shape index (κ2) is 8.35. The van der Waals surface area contributed by atoms with Gasteiger partial charge in [-0.25, -0.2) is 9.78 Å². The first-order valence-corrected chi connectivity index (χ1v) is 8.80. The molecule has 1 atom stereocenters. The summed E-state index contributed by atoms with van der Waals surface area (Å²) in [4.78, 5) is 32.1. The lowest BCUT2D eigenvalue weighted by Gasteiger charge is -2.36. The number of ether oxygens (including phenoxy) is 1. The van der Waals surface area contributed by atoms with E-state index in [1.807, 2.05) is 26.8 Å². The van der Waals surface area contributed by atoms with Gasteiger partial charge in [0.2, 0.25) is 0 Å². The fourth-order valence-corrected chi connectivity index (χ4v) is 2.52. The van der Waals surface area contributed by atoms with Crippen LogP contribution in [0.3, 0.4) is 0 Å². The van der Waals surface area contributed by atoms with Gasteiger partial charge in [0.1, 0.15) is 11.3 Å². The molecule has 1 aliphatic heterocycles. The van der Waals surface area contributed by atoms with Crippen LogP contribution in [0.15, 0.2) is 18.3 Å². The number of amides is 2. The molecular formula is C18H28N4O4. The van der Waals surface area contributed by atoms with E-state index in [-0.39, 0.29) is 24.6 Å². The molecule has 0 saturated carbocycles. The molecule has 0 aromatic carbocycles. The summed E-state index contributed by atoms with van der Waals surface area (Å²) in [6, 6.07) is 3.19. The van der Waals surface area contributed by atoms with Crippen molar-refractivity contribution in [2.45, 2.75) is 39.3 Å². The molecule has 144 valence electrons. The molecule has 0 spiro atoms. The minimum Gasteiger partial charge on any atom is -0.444 e. The van der Waals surface area contributed by atoms with Gasteiger partial charge in [-0.05, 0) is 39.8 Å². The number of aliphatic hydroxyl groups is 1. The number of nitrogens with zero attached hydrogens (tertiary/aromatic N) is 3. The van der Waals surface area contributed by atoms with Gasteiger partial charge in [0.15, 0.2) is 0 Å². The number of carbonyl (C=O) groups is 2. The molecule has 2 amide bonds. The van der Waals surface area contributed by atoms with E-state index < -0.39 is 5.60 Å². The van der Waals surface area contributed by atoms with Crippen LogP contribution in [0.1, 0.15) is 38.2 Å². The van der Waals surface area contributed by atoms with Crippen LogP contribution in [0.2, 0.25) is 0 Å². The average Bonchev–Trinajstić information content (AvgIpc) is 2.60. The minimum atomic E-state index is -0.498. The normalized spacial score (nSPS) is 16.2. The second-order valence-corrected chi connectivity index (χ2v) is 7.41. The number of piperazine rings is 1. The Balaban J connectivity index is 1.89. The highest BCUT2D eigenvalue weighted by Gasteiger charge is 2.26. The van der Waals surface area contributed by atoms with Gasteiger partial charge >= 0.3 is 6.09 Å². The van der Waals surface area contributed by atoms with Crippen molar-refractivity contribution in [3.8, 4) is 0 Å². The minimum absolute atomic E-state index is 0.119. The van der Waals surface area contributed by atoms with Gasteiger partial charge in [0.25, 0.3) is 5.91 Å². The Kier molecular flexibility index (Phi) is 6.42. The van der Waals surface area contributed by atoms with Crippen LogP contribution in [0.25, 0.3) is 0 Å². The van der Waals surface area contributed by atoms with E-state index in [4.69, 9.17) is 9.84 Å². The molecule has 1 aromatic rings. The summed E-state index contributed by atoms with van der Waals surface area (Å²) in [6.07, 6.45) is 1.36. The maximum Gasteiger partial charge on any atom is 0.410 e. The van der Waals surface area contributed by atoms with Crippen LogP contribution in [-0.4, -0.2) is 71.4 Å². The quantitative estimate of drug-likeness (QED) is 0.835. The zero-order valence-corrected chi connectivity index (χ0v) is 15.9. The summed E-state index contributed by atoms with van der Waals surface area (Å²) in [5.41, 5.74) is 0.712. The molecule has 0 aliphatic carbocycles. The average molecular weight is 364 g/mol. The second-order valence-electron chi connectivity index (χ2n) is 7.41. The molecular weight excluding hydrogens is 336 g/mol. The van der Waals surface area contributed by atoms with Crippen molar-refractivity contribution in [1.82, 2.24) is 15.2 Å². The van der Waals surface area contributed by atoms with Gasteiger partial charge in [0.05, 0.1) is 18.5 Å². The Morgan fingerprint density at radius 3 is 2.42 bits per heavy atom. The van der Waals surface area contributed by atoms with Crippen molar-refractivity contribution >= 4 is 17.7 Å². The van der Waals surface area contributed by atoms with Crippen molar-refractivity contribution in [3.05, 3.63) is 24.0 Å². The lowest BCUT2D eigenvalue weighted by molar-refractivity contribution is 0.0240. The molecule has 1 aromatic heterocycles. The number of hydrogen-bond acceptors (Lipinski definition) is 6. The summed E-state index contributed by atoms with van der Waals surface area (Å²) in [7, 11) is 0. The standard InChI is InChI=1S/C18H28N4O4/c1-13(12-23)20-16(24)15-6-5-14(11-19-15)21-7-9-22(10-8-21)17(25)26-18(2,3)4/h5-6,11,13,23H,7-10,12H2,1-4H3,(H,20,24)/t13-/m1/s1. The van der Waals surface area contributed by atoms with Crippen molar-refractivity contribution in [1.29, 1.82) is 0 Å². The van der Waals surface area contributed by atoms with Crippen LogP contribution in [0.5, 0.6) is 0 Å². The molecule has 8 heteroatoms. The fraction of sp³-hybridized carbons (Fsp3) is 0.611. The van der Waals surface area contributed by atoms with Gasteiger partial charge in [-0.1, -0.05) is 0 Å². The van der Waals surface area contributed by atoms with E-state index in [2.05, 4.69) is 15.2 Å². The van der Waals surface area contributed by atoms with Gasteiger partial charge in [-0.3, -0.25) is 4.79 Å². The first kappa shape index (κ1) is 20.0. The first-order valence-electron chi connectivity index (χ1n) is 8.80. The molecule has 26 heavy (non-hydrogen) atoms. The van der Waals surface area contributed by atoms with E-state index in [1.54, 1.807) is 24.1 Å². The molecule has 1 fully saturated rings. The monoisotopic (exact) mass is 364 g/mol. The largest absolute Gasteiger partial charge is 0.444 e. The maximum absolute atomic E-state index is 12.1. The third kappa shape index (κ3) is 5.59. The number of carbonyl (C=O) groups excluding carboxylic acids is 2. The van der Waals surface area contributed by atoms with E-state index in [9.17, 15) is 9.59 Å². The Bertz CT molecular complexity index is 619. The predicted molar refractivity (Wildman–Crippen MR) is 98.3 cm³/mol. The highest BCUT2D eigenvalue weighted by molar-refractivity contribution is 5.92. The summed E-state index contributed by atoms with van der Waals surface area (Å²) in [5, 5.41) is 11.6. The number of hydrogen-bond donors (Lipinski definition) is 2. The number of nitrogens with one attached hydrogen (secondary N) is 1. The van der Waals surface area contributed by atoms with Crippen molar-refractivity contribution in [2.24, 2.45) is 0 Å². The van der Waals surface area contributed by atoms with Gasteiger partial charge < -0.3 is 25.0 Å². The molecule has 0 radical (unpaired) electrons. The van der Waals surface area contributed by atoms with Gasteiger partial charge in [0, 0.05) is 32.2 Å². The summed E-state index contributed by atoms with van der Waals surface area (Å²) in [5.74, 6) is -0.312. The smallest absolute Gasteiger partial charge is 0.410 e. The first-order chi connectivity index (χ1) is 12.2. The zero-order valence-electron chi connectivity index (χ0n) is 15.9. The summed E-state index contributed by atoms with van der Waals surface area (Å²) < 4.78 is 5.39. The van der Waals surface area contributed by atoms with Crippen LogP contribution in [0.4, 0.5) is 10.5 Å². The number of rotatable bonds is 4. The Hall–Kier alpha value is -2.35. The van der Waals surface area contributed by atoms with E-state index in [0.717, 1.165) is 5.69 Å². The van der Waals surface area contributed by atoms with Crippen molar-refractivity contribution in [3.63, 3.8) is 0 Å². The molecule has 2 N–H and O–H groups in total. The molecule has 1 aliphatic rings. The molecule has 8 nitrogen and oxygen atoms in total. The van der Waals surface area contributed by atoms with Gasteiger partial charge in [-0.15, -0.1) is 0 Å². The maximum atomic E-state index is 12.1. The lowest BCUT2D eigenvalue weighted by atomic mass is 10.2. The van der Waals surface area contributed by atoms with E-state index >= 15 is 0 Å². The highest BCUT2D eigenvalue weighted by atomic mass is 16.6. The SMILES string of the molecule is C[C@H](CO)NC(=O)c1ccc(N2CCN(C(=O)OC(C)(C)C)CC2)cn1. The topological polar surface area (TPSA) is 95.0 Å². The predicted octanol–water partition coefficient (Wildman–Crippen LogP) is 1.25. The third-order valence-electron chi connectivity index (χ3n) is 3.93. The molecule has 2 heterocycles. The zero-order chi connectivity index (χ0) is 19.3. The molecule has 0 bridgehead atoms.